The van der Waals surface area contributed by atoms with Gasteiger partial charge in [-0.2, -0.15) is 11.8 Å². The molecule has 1 aliphatic carbocycles. The van der Waals surface area contributed by atoms with Crippen molar-refractivity contribution in [3.05, 3.63) is 0 Å². The van der Waals surface area contributed by atoms with E-state index >= 15 is 0 Å². The fraction of sp³-hybridized carbons (Fsp3) is 1.00. The molecule has 0 atom stereocenters. The molecule has 0 bridgehead atoms. The Balaban J connectivity index is 2.17. The van der Waals surface area contributed by atoms with Crippen LogP contribution < -0.4 is 0 Å². The van der Waals surface area contributed by atoms with E-state index in [2.05, 4.69) is 18.7 Å². The maximum atomic E-state index is 2.31. The molecule has 102 valence electrons. The summed E-state index contributed by atoms with van der Waals surface area (Å²) >= 11 is 2.27. The Bertz CT molecular complexity index is 144. The van der Waals surface area contributed by atoms with Crippen LogP contribution in [0.2, 0.25) is 0 Å². The van der Waals surface area contributed by atoms with Crippen LogP contribution in [0.25, 0.3) is 0 Å². The number of rotatable bonds is 4. The molecule has 0 saturated heterocycles. The number of thioether (sulfide) groups is 1. The highest BCUT2D eigenvalue weighted by Crippen LogP contribution is 2.26. The van der Waals surface area contributed by atoms with Crippen molar-refractivity contribution in [1.29, 1.82) is 0 Å². The smallest absolute Gasteiger partial charge is 0.00470 e. The molecule has 0 heterocycles. The van der Waals surface area contributed by atoms with Gasteiger partial charge < -0.3 is 0 Å². The zero-order valence-corrected chi connectivity index (χ0v) is 12.7. The first kappa shape index (κ1) is 15.4. The highest BCUT2D eigenvalue weighted by atomic mass is 32.2. The Labute approximate surface area is 113 Å². The maximum absolute atomic E-state index is 2.31. The topological polar surface area (TPSA) is 0 Å². The van der Waals surface area contributed by atoms with E-state index in [0.717, 1.165) is 5.25 Å². The van der Waals surface area contributed by atoms with Crippen LogP contribution in [0.5, 0.6) is 0 Å². The molecule has 0 amide bonds. The van der Waals surface area contributed by atoms with Crippen LogP contribution in [0.15, 0.2) is 0 Å². The molecule has 0 nitrogen and oxygen atoms in total. The predicted molar refractivity (Wildman–Crippen MR) is 81.9 cm³/mol. The van der Waals surface area contributed by atoms with Crippen molar-refractivity contribution in [3.63, 3.8) is 0 Å². The summed E-state index contributed by atoms with van der Waals surface area (Å²) in [7, 11) is 0. The summed E-state index contributed by atoms with van der Waals surface area (Å²) in [6.45, 7) is 2.31. The van der Waals surface area contributed by atoms with Crippen molar-refractivity contribution in [1.82, 2.24) is 0 Å². The lowest BCUT2D eigenvalue weighted by Gasteiger charge is -2.17. The molecule has 0 radical (unpaired) electrons. The van der Waals surface area contributed by atoms with Gasteiger partial charge in [0, 0.05) is 5.25 Å². The summed E-state index contributed by atoms with van der Waals surface area (Å²) < 4.78 is 0. The summed E-state index contributed by atoms with van der Waals surface area (Å²) in [6.07, 6.45) is 19.2. The average molecular weight is 256 g/mol. The Kier molecular flexibility index (Phi) is 10.4. The van der Waals surface area contributed by atoms with Crippen molar-refractivity contribution in [2.75, 3.05) is 5.75 Å². The minimum absolute atomic E-state index is 0.987. The van der Waals surface area contributed by atoms with Gasteiger partial charge in [-0.3, -0.25) is 0 Å². The molecular weight excluding hydrogens is 224 g/mol. The molecule has 0 aliphatic heterocycles. The first-order chi connectivity index (χ1) is 8.43. The van der Waals surface area contributed by atoms with Gasteiger partial charge in [-0.25, -0.2) is 0 Å². The first-order valence-electron chi connectivity index (χ1n) is 8.05. The summed E-state index contributed by atoms with van der Waals surface area (Å²) in [4.78, 5) is 0. The average Bonchev–Trinajstić information content (AvgIpc) is 2.32. The van der Waals surface area contributed by atoms with E-state index in [1.165, 1.54) is 89.2 Å². The molecule has 1 fully saturated rings. The van der Waals surface area contributed by atoms with Crippen LogP contribution >= 0.6 is 11.8 Å². The van der Waals surface area contributed by atoms with E-state index in [4.69, 9.17) is 0 Å². The van der Waals surface area contributed by atoms with Crippen LogP contribution in [0, 0.1) is 0 Å². The standard InChI is InChI=1S/C16H32S/c1-2-3-15-17-16-13-11-9-7-5-4-6-8-10-12-14-16/h16H,2-15H2,1H3. The van der Waals surface area contributed by atoms with E-state index < -0.39 is 0 Å². The number of hydrogen-bond donors (Lipinski definition) is 0. The Morgan fingerprint density at radius 1 is 0.765 bits per heavy atom. The van der Waals surface area contributed by atoms with Crippen LogP contribution in [0.4, 0.5) is 0 Å². The van der Waals surface area contributed by atoms with Crippen molar-refractivity contribution >= 4 is 11.8 Å². The molecule has 0 N–H and O–H groups in total. The van der Waals surface area contributed by atoms with E-state index in [0.29, 0.717) is 0 Å². The molecule has 0 aromatic heterocycles. The minimum Gasteiger partial charge on any atom is -0.159 e. The molecule has 0 aromatic rings. The van der Waals surface area contributed by atoms with Gasteiger partial charge in [-0.15, -0.1) is 0 Å². The van der Waals surface area contributed by atoms with Gasteiger partial charge in [-0.05, 0) is 25.0 Å². The Hall–Kier alpha value is 0.350. The fourth-order valence-corrected chi connectivity index (χ4v) is 4.14. The van der Waals surface area contributed by atoms with Gasteiger partial charge in [0.2, 0.25) is 0 Å². The van der Waals surface area contributed by atoms with Gasteiger partial charge >= 0.3 is 0 Å². The van der Waals surface area contributed by atoms with E-state index in [1.807, 2.05) is 0 Å². The van der Waals surface area contributed by atoms with Crippen molar-refractivity contribution in [3.8, 4) is 0 Å². The summed E-state index contributed by atoms with van der Waals surface area (Å²) in [5.41, 5.74) is 0. The number of unbranched alkanes of at least 4 members (excludes halogenated alkanes) is 1. The third-order valence-electron chi connectivity index (χ3n) is 3.90. The largest absolute Gasteiger partial charge is 0.159 e. The third-order valence-corrected chi connectivity index (χ3v) is 5.37. The Morgan fingerprint density at radius 3 is 1.71 bits per heavy atom. The molecular formula is C16H32S. The van der Waals surface area contributed by atoms with E-state index in [9.17, 15) is 0 Å². The molecule has 1 aliphatic rings. The van der Waals surface area contributed by atoms with Gasteiger partial charge in [0.25, 0.3) is 0 Å². The summed E-state index contributed by atoms with van der Waals surface area (Å²) in [5, 5.41) is 0.987. The number of hydrogen-bond acceptors (Lipinski definition) is 1. The lowest BCUT2D eigenvalue weighted by molar-refractivity contribution is 0.510. The molecule has 1 rings (SSSR count). The zero-order chi connectivity index (χ0) is 12.2. The summed E-state index contributed by atoms with van der Waals surface area (Å²) in [5.74, 6) is 1.40. The second-order valence-corrected chi connectivity index (χ2v) is 7.01. The quantitative estimate of drug-likeness (QED) is 0.540. The Morgan fingerprint density at radius 2 is 1.24 bits per heavy atom. The normalized spacial score (nSPS) is 21.7. The van der Waals surface area contributed by atoms with Crippen molar-refractivity contribution < 1.29 is 0 Å². The minimum atomic E-state index is 0.987. The molecule has 0 unspecified atom stereocenters. The monoisotopic (exact) mass is 256 g/mol. The van der Waals surface area contributed by atoms with Crippen LogP contribution in [-0.2, 0) is 0 Å². The van der Waals surface area contributed by atoms with Crippen molar-refractivity contribution in [2.45, 2.75) is 95.6 Å². The van der Waals surface area contributed by atoms with Crippen molar-refractivity contribution in [2.24, 2.45) is 0 Å². The fourth-order valence-electron chi connectivity index (χ4n) is 2.69. The lowest BCUT2D eigenvalue weighted by Crippen LogP contribution is -2.04. The zero-order valence-electron chi connectivity index (χ0n) is 11.9. The van der Waals surface area contributed by atoms with Crippen LogP contribution in [0.3, 0.4) is 0 Å². The van der Waals surface area contributed by atoms with Gasteiger partial charge in [0.15, 0.2) is 0 Å². The summed E-state index contributed by atoms with van der Waals surface area (Å²) in [6, 6.07) is 0. The second kappa shape index (κ2) is 11.4. The molecule has 0 aromatic carbocycles. The van der Waals surface area contributed by atoms with Gasteiger partial charge in [0.05, 0.1) is 0 Å². The lowest BCUT2D eigenvalue weighted by atomic mass is 10.0. The van der Waals surface area contributed by atoms with E-state index in [1.54, 1.807) is 0 Å². The second-order valence-electron chi connectivity index (χ2n) is 5.61. The van der Waals surface area contributed by atoms with Crippen LogP contribution in [0.1, 0.15) is 90.4 Å². The molecule has 0 spiro atoms. The van der Waals surface area contributed by atoms with Crippen LogP contribution in [-0.4, -0.2) is 11.0 Å². The molecule has 1 heteroatoms. The predicted octanol–water partition coefficient (Wildman–Crippen LogP) is 6.19. The first-order valence-corrected chi connectivity index (χ1v) is 9.10. The van der Waals surface area contributed by atoms with E-state index in [-0.39, 0.29) is 0 Å². The van der Waals surface area contributed by atoms with Gasteiger partial charge in [0.1, 0.15) is 0 Å². The van der Waals surface area contributed by atoms with Gasteiger partial charge in [-0.1, -0.05) is 71.1 Å². The SMILES string of the molecule is CCCCSC1CCCCCCCCCCC1. The molecule has 17 heavy (non-hydrogen) atoms. The maximum Gasteiger partial charge on any atom is 0.00470 e. The third kappa shape index (κ3) is 8.99. The highest BCUT2D eigenvalue weighted by molar-refractivity contribution is 7.99. The molecule has 1 saturated carbocycles. The highest BCUT2D eigenvalue weighted by Gasteiger charge is 2.09.